The Hall–Kier alpha value is -7.10. The molecule has 3 heterocycles. The van der Waals surface area contributed by atoms with Gasteiger partial charge in [0, 0.05) is 21.9 Å². The predicted octanol–water partition coefficient (Wildman–Crippen LogP) is 9.85. The fraction of sp³-hybridized carbons (Fsp3) is 0. The van der Waals surface area contributed by atoms with Gasteiger partial charge in [-0.05, 0) is 59.2 Å². The monoisotopic (exact) mass is 642 g/mol. The Balaban J connectivity index is 1.25. The van der Waals surface area contributed by atoms with Crippen molar-refractivity contribution in [1.29, 1.82) is 5.26 Å². The van der Waals surface area contributed by atoms with Crippen molar-refractivity contribution in [2.45, 2.75) is 0 Å². The first kappa shape index (κ1) is 29.1. The molecule has 0 spiro atoms. The number of aromatic nitrogens is 2. The van der Waals surface area contributed by atoms with Gasteiger partial charge in [-0.3, -0.25) is 9.59 Å². The number of fused-ring (bicyclic) bond motifs is 4. The molecule has 2 amide bonds. The van der Waals surface area contributed by atoms with Crippen LogP contribution in [0.15, 0.2) is 158 Å². The lowest BCUT2D eigenvalue weighted by atomic mass is 9.97. The van der Waals surface area contributed by atoms with Crippen LogP contribution in [-0.4, -0.2) is 21.4 Å². The van der Waals surface area contributed by atoms with E-state index < -0.39 is 0 Å². The molecule has 234 valence electrons. The van der Waals surface area contributed by atoms with Crippen LogP contribution in [0, 0.1) is 11.3 Å². The molecule has 0 saturated carbocycles. The van der Waals surface area contributed by atoms with E-state index in [0.29, 0.717) is 33.9 Å². The summed E-state index contributed by atoms with van der Waals surface area (Å²) in [6.45, 7) is 0. The van der Waals surface area contributed by atoms with E-state index in [2.05, 4.69) is 21.7 Å². The summed E-state index contributed by atoms with van der Waals surface area (Å²) in [5.41, 5.74) is 9.03. The van der Waals surface area contributed by atoms with Gasteiger partial charge in [0.15, 0.2) is 0 Å². The van der Waals surface area contributed by atoms with Gasteiger partial charge in [0.05, 0.1) is 39.2 Å². The number of carbonyl (C=O) groups excluding carboxylic acids is 2. The minimum absolute atomic E-state index is 0.333. The van der Waals surface area contributed by atoms with Gasteiger partial charge in [0.2, 0.25) is 0 Å². The minimum atomic E-state index is -0.381. The first-order valence-corrected chi connectivity index (χ1v) is 16.3. The number of rotatable bonds is 5. The van der Waals surface area contributed by atoms with Crippen molar-refractivity contribution in [2.24, 2.45) is 0 Å². The quantitative estimate of drug-likeness (QED) is 0.175. The number of hydrogen-bond acceptors (Lipinski definition) is 4. The van der Waals surface area contributed by atoms with Crippen LogP contribution in [0.25, 0.3) is 61.0 Å². The van der Waals surface area contributed by atoms with Gasteiger partial charge in [0.25, 0.3) is 11.8 Å². The lowest BCUT2D eigenvalue weighted by molar-refractivity contribution is 0.0926. The summed E-state index contributed by atoms with van der Waals surface area (Å²) in [6.07, 6.45) is 0. The molecule has 0 N–H and O–H groups in total. The molecule has 0 bridgehead atoms. The summed E-state index contributed by atoms with van der Waals surface area (Å²) in [7, 11) is 0. The highest BCUT2D eigenvalue weighted by atomic mass is 16.2. The van der Waals surface area contributed by atoms with Crippen molar-refractivity contribution in [1.82, 2.24) is 9.55 Å². The molecule has 6 nitrogen and oxygen atoms in total. The molecule has 9 rings (SSSR count). The second kappa shape index (κ2) is 11.6. The molecule has 6 heteroatoms. The maximum absolute atomic E-state index is 14.8. The number of benzene rings is 6. The number of carbonyl (C=O) groups is 2. The SMILES string of the molecule is N#Cc1cccc(-c2ccc3c4ccccc4n(-c4cccc5c4C(=O)N(c4cc(-c6ccccc6)ccc4-c4ccccc4)C5=O)c3c2)n1. The van der Waals surface area contributed by atoms with E-state index in [1.165, 1.54) is 4.90 Å². The van der Waals surface area contributed by atoms with Gasteiger partial charge in [-0.1, -0.05) is 115 Å². The molecule has 0 aliphatic carbocycles. The molecular weight excluding hydrogens is 617 g/mol. The average Bonchev–Trinajstić information content (AvgIpc) is 3.65. The van der Waals surface area contributed by atoms with E-state index in [4.69, 9.17) is 0 Å². The maximum Gasteiger partial charge on any atom is 0.268 e. The molecule has 1 aliphatic rings. The smallest absolute Gasteiger partial charge is 0.268 e. The molecule has 2 aromatic heterocycles. The summed E-state index contributed by atoms with van der Waals surface area (Å²) in [5.74, 6) is -0.748. The van der Waals surface area contributed by atoms with E-state index in [1.54, 1.807) is 12.1 Å². The lowest BCUT2D eigenvalue weighted by Gasteiger charge is -2.20. The fourth-order valence-corrected chi connectivity index (χ4v) is 7.11. The van der Waals surface area contributed by atoms with E-state index in [9.17, 15) is 14.9 Å². The Labute approximate surface area is 287 Å². The van der Waals surface area contributed by atoms with Gasteiger partial charge >= 0.3 is 0 Å². The van der Waals surface area contributed by atoms with Gasteiger partial charge in [-0.25, -0.2) is 9.88 Å². The number of para-hydroxylation sites is 1. The topological polar surface area (TPSA) is 79.0 Å². The molecule has 8 aromatic rings. The highest BCUT2D eigenvalue weighted by Crippen LogP contribution is 2.42. The second-order valence-corrected chi connectivity index (χ2v) is 12.2. The maximum atomic E-state index is 14.8. The van der Waals surface area contributed by atoms with Gasteiger partial charge in [-0.15, -0.1) is 0 Å². The Morgan fingerprint density at radius 1 is 0.500 bits per heavy atom. The Morgan fingerprint density at radius 2 is 1.20 bits per heavy atom. The highest BCUT2D eigenvalue weighted by Gasteiger charge is 2.40. The van der Waals surface area contributed by atoms with Crippen LogP contribution in [0.2, 0.25) is 0 Å². The molecular formula is C44H26N4O2. The van der Waals surface area contributed by atoms with E-state index >= 15 is 0 Å². The molecule has 0 unspecified atom stereocenters. The number of nitriles is 1. The van der Waals surface area contributed by atoms with Crippen LogP contribution in [0.3, 0.4) is 0 Å². The lowest BCUT2D eigenvalue weighted by Crippen LogP contribution is -2.30. The van der Waals surface area contributed by atoms with Crippen molar-refractivity contribution in [3.05, 3.63) is 175 Å². The number of anilines is 1. The average molecular weight is 643 g/mol. The highest BCUT2D eigenvalue weighted by molar-refractivity contribution is 6.36. The zero-order chi connectivity index (χ0) is 33.8. The summed E-state index contributed by atoms with van der Waals surface area (Å²) in [5, 5.41) is 11.5. The van der Waals surface area contributed by atoms with E-state index in [0.717, 1.165) is 49.6 Å². The molecule has 50 heavy (non-hydrogen) atoms. The minimum Gasteiger partial charge on any atom is -0.308 e. The number of hydrogen-bond donors (Lipinski definition) is 0. The van der Waals surface area contributed by atoms with Crippen LogP contribution in [0.5, 0.6) is 0 Å². The molecule has 0 radical (unpaired) electrons. The van der Waals surface area contributed by atoms with Crippen LogP contribution in [0.4, 0.5) is 5.69 Å². The zero-order valence-electron chi connectivity index (χ0n) is 26.6. The Morgan fingerprint density at radius 3 is 2.00 bits per heavy atom. The third-order valence-electron chi connectivity index (χ3n) is 9.40. The largest absolute Gasteiger partial charge is 0.308 e. The fourth-order valence-electron chi connectivity index (χ4n) is 7.11. The van der Waals surface area contributed by atoms with Crippen LogP contribution in [0.1, 0.15) is 26.4 Å². The molecule has 1 aliphatic heterocycles. The van der Waals surface area contributed by atoms with Crippen molar-refractivity contribution in [3.63, 3.8) is 0 Å². The molecule has 0 atom stereocenters. The number of amides is 2. The summed E-state index contributed by atoms with van der Waals surface area (Å²) >= 11 is 0. The van der Waals surface area contributed by atoms with E-state index in [-0.39, 0.29) is 11.8 Å². The first-order valence-electron chi connectivity index (χ1n) is 16.3. The van der Waals surface area contributed by atoms with Crippen LogP contribution >= 0.6 is 0 Å². The predicted molar refractivity (Wildman–Crippen MR) is 197 cm³/mol. The van der Waals surface area contributed by atoms with Crippen molar-refractivity contribution >= 4 is 39.3 Å². The zero-order valence-corrected chi connectivity index (χ0v) is 26.6. The summed E-state index contributed by atoms with van der Waals surface area (Å²) in [6, 6.07) is 52.8. The van der Waals surface area contributed by atoms with Crippen LogP contribution < -0.4 is 4.90 Å². The molecule has 0 saturated heterocycles. The van der Waals surface area contributed by atoms with Gasteiger partial charge < -0.3 is 4.57 Å². The molecule has 0 fully saturated rings. The summed E-state index contributed by atoms with van der Waals surface area (Å²) < 4.78 is 2.06. The molecule has 6 aromatic carbocycles. The van der Waals surface area contributed by atoms with Gasteiger partial charge in [-0.2, -0.15) is 5.26 Å². The van der Waals surface area contributed by atoms with Crippen molar-refractivity contribution in [3.8, 4) is 45.3 Å². The Kier molecular flexibility index (Phi) is 6.72. The third-order valence-corrected chi connectivity index (χ3v) is 9.40. The van der Waals surface area contributed by atoms with Crippen LogP contribution in [-0.2, 0) is 0 Å². The standard InChI is InChI=1S/C44H26N4O2/c45-27-32-15-9-18-37(46-32)31-22-24-35-34-16-7-8-19-38(34)47(41(35)26-31)39-20-10-17-36-42(39)44(50)48(43(36)49)40-25-30(28-11-3-1-4-12-28)21-23-33(40)29-13-5-2-6-14-29/h1-26H. The van der Waals surface area contributed by atoms with Gasteiger partial charge in [0.1, 0.15) is 11.8 Å². The third kappa shape index (κ3) is 4.53. The number of imide groups is 1. The second-order valence-electron chi connectivity index (χ2n) is 12.2. The van der Waals surface area contributed by atoms with Crippen molar-refractivity contribution < 1.29 is 9.59 Å². The number of pyridine rings is 1. The Bertz CT molecular complexity index is 2710. The normalized spacial score (nSPS) is 12.4. The first-order chi connectivity index (χ1) is 24.6. The van der Waals surface area contributed by atoms with Crippen molar-refractivity contribution in [2.75, 3.05) is 4.90 Å². The number of nitrogens with zero attached hydrogens (tertiary/aromatic N) is 4. The van der Waals surface area contributed by atoms with E-state index in [1.807, 2.05) is 140 Å². The summed E-state index contributed by atoms with van der Waals surface area (Å²) in [4.78, 5) is 35.2.